The van der Waals surface area contributed by atoms with Gasteiger partial charge in [0.15, 0.2) is 0 Å². The van der Waals surface area contributed by atoms with Gasteiger partial charge in [-0.2, -0.15) is 0 Å². The molecule has 0 radical (unpaired) electrons. The summed E-state index contributed by atoms with van der Waals surface area (Å²) >= 11 is 7.50. The number of thioether (sulfide) groups is 1. The molecule has 2 aromatic rings. The van der Waals surface area contributed by atoms with Crippen molar-refractivity contribution < 1.29 is 9.53 Å². The first-order chi connectivity index (χ1) is 14.7. The van der Waals surface area contributed by atoms with Crippen molar-refractivity contribution in [3.05, 3.63) is 46.8 Å². The van der Waals surface area contributed by atoms with Gasteiger partial charge in [0, 0.05) is 60.1 Å². The molecule has 3 heterocycles. The highest BCUT2D eigenvalue weighted by atomic mass is 35.5. The molecule has 0 aliphatic carbocycles. The van der Waals surface area contributed by atoms with Gasteiger partial charge in [0.2, 0.25) is 5.12 Å². The van der Waals surface area contributed by atoms with Gasteiger partial charge in [0.05, 0.1) is 10.8 Å². The highest BCUT2D eigenvalue weighted by molar-refractivity contribution is 8.15. The number of anilines is 1. The van der Waals surface area contributed by atoms with Crippen LogP contribution in [0.4, 0.5) is 5.69 Å². The number of aromatic nitrogens is 1. The Morgan fingerprint density at radius 2 is 1.94 bits per heavy atom. The average Bonchev–Trinajstić information content (AvgIpc) is 2.98. The lowest BCUT2D eigenvalue weighted by Crippen LogP contribution is -2.56. The van der Waals surface area contributed by atoms with Crippen LogP contribution < -0.4 is 4.90 Å². The molecule has 2 atom stereocenters. The number of piperazine rings is 1. The third-order valence-corrected chi connectivity index (χ3v) is 7.92. The lowest BCUT2D eigenvalue weighted by molar-refractivity contribution is -0.108. The van der Waals surface area contributed by atoms with Crippen LogP contribution in [-0.4, -0.2) is 58.1 Å². The van der Waals surface area contributed by atoms with Crippen molar-refractivity contribution in [2.75, 3.05) is 31.1 Å². The molecule has 4 rings (SSSR count). The van der Waals surface area contributed by atoms with Crippen LogP contribution >= 0.6 is 23.4 Å². The number of benzene rings is 1. The first-order valence-corrected chi connectivity index (χ1v) is 12.1. The Hall–Kier alpha value is -1.76. The zero-order chi connectivity index (χ0) is 22.3. The predicted molar refractivity (Wildman–Crippen MR) is 130 cm³/mol. The maximum atomic E-state index is 12.0. The standard InChI is InChI=1S/C24H30ClN3O2S/c1-15-22(16(2)31-23(15)29)30-24(4,5)17(3)27-10-12-28(13-11-27)21-8-9-26-20-14-18(25)6-7-19(20)21/h6-9,14,16-17H,10-13H2,1-5H3. The van der Waals surface area contributed by atoms with Crippen molar-refractivity contribution in [3.63, 3.8) is 0 Å². The van der Waals surface area contributed by atoms with Gasteiger partial charge in [-0.1, -0.05) is 23.4 Å². The van der Waals surface area contributed by atoms with Gasteiger partial charge in [-0.25, -0.2) is 0 Å². The molecule has 7 heteroatoms. The van der Waals surface area contributed by atoms with E-state index in [1.807, 2.05) is 32.2 Å². The van der Waals surface area contributed by atoms with E-state index in [-0.39, 0.29) is 16.4 Å². The molecule has 2 aliphatic rings. The minimum Gasteiger partial charge on any atom is -0.489 e. The van der Waals surface area contributed by atoms with Crippen LogP contribution in [0.5, 0.6) is 0 Å². The largest absolute Gasteiger partial charge is 0.489 e. The molecule has 0 N–H and O–H groups in total. The van der Waals surface area contributed by atoms with E-state index < -0.39 is 5.60 Å². The summed E-state index contributed by atoms with van der Waals surface area (Å²) in [5.41, 5.74) is 2.50. The number of nitrogens with zero attached hydrogens (tertiary/aromatic N) is 3. The second kappa shape index (κ2) is 8.64. The summed E-state index contributed by atoms with van der Waals surface area (Å²) < 4.78 is 6.45. The fourth-order valence-corrected chi connectivity index (χ4v) is 5.50. The predicted octanol–water partition coefficient (Wildman–Crippen LogP) is 5.13. The number of pyridine rings is 1. The maximum absolute atomic E-state index is 12.0. The molecule has 31 heavy (non-hydrogen) atoms. The van der Waals surface area contributed by atoms with Crippen LogP contribution in [-0.2, 0) is 9.53 Å². The van der Waals surface area contributed by atoms with Gasteiger partial charge < -0.3 is 9.64 Å². The van der Waals surface area contributed by atoms with E-state index in [9.17, 15) is 4.79 Å². The number of carbonyl (C=O) groups is 1. The SMILES string of the molecule is CC1=C(OC(C)(C)C(C)N2CCN(c3ccnc4cc(Cl)ccc34)CC2)C(C)SC1=O. The number of halogens is 1. The molecule has 2 aliphatic heterocycles. The lowest BCUT2D eigenvalue weighted by Gasteiger charge is -2.45. The quantitative estimate of drug-likeness (QED) is 0.617. The molecule has 0 spiro atoms. The monoisotopic (exact) mass is 459 g/mol. The maximum Gasteiger partial charge on any atom is 0.219 e. The first kappa shape index (κ1) is 22.4. The van der Waals surface area contributed by atoms with E-state index in [4.69, 9.17) is 16.3 Å². The van der Waals surface area contributed by atoms with Crippen LogP contribution in [0.3, 0.4) is 0 Å². The van der Waals surface area contributed by atoms with Crippen molar-refractivity contribution >= 4 is 45.1 Å². The summed E-state index contributed by atoms with van der Waals surface area (Å²) in [4.78, 5) is 21.4. The van der Waals surface area contributed by atoms with Crippen LogP contribution in [0.2, 0.25) is 5.02 Å². The Morgan fingerprint density at radius 3 is 2.58 bits per heavy atom. The molecule has 5 nitrogen and oxygen atoms in total. The fourth-order valence-electron chi connectivity index (χ4n) is 4.41. The Morgan fingerprint density at radius 1 is 1.23 bits per heavy atom. The third-order valence-electron chi connectivity index (χ3n) is 6.59. The van der Waals surface area contributed by atoms with Crippen molar-refractivity contribution in [1.82, 2.24) is 9.88 Å². The molecule has 1 saturated heterocycles. The van der Waals surface area contributed by atoms with Crippen LogP contribution in [0, 0.1) is 0 Å². The fraction of sp³-hybridized carbons (Fsp3) is 0.500. The van der Waals surface area contributed by atoms with Gasteiger partial charge in [-0.15, -0.1) is 0 Å². The zero-order valence-corrected chi connectivity index (χ0v) is 20.4. The number of fused-ring (bicyclic) bond motifs is 1. The Labute approximate surface area is 193 Å². The Kier molecular flexibility index (Phi) is 6.25. The van der Waals surface area contributed by atoms with E-state index >= 15 is 0 Å². The molecular formula is C24H30ClN3O2S. The number of ether oxygens (including phenoxy) is 1. The highest BCUT2D eigenvalue weighted by Gasteiger charge is 2.38. The van der Waals surface area contributed by atoms with Gasteiger partial charge >= 0.3 is 0 Å². The topological polar surface area (TPSA) is 45.7 Å². The zero-order valence-electron chi connectivity index (χ0n) is 18.8. The molecule has 1 fully saturated rings. The van der Waals surface area contributed by atoms with Crippen molar-refractivity contribution in [3.8, 4) is 0 Å². The second-order valence-corrected chi connectivity index (χ2v) is 10.7. The third kappa shape index (κ3) is 4.43. The summed E-state index contributed by atoms with van der Waals surface area (Å²) in [7, 11) is 0. The van der Waals surface area contributed by atoms with Gasteiger partial charge in [0.1, 0.15) is 11.4 Å². The van der Waals surface area contributed by atoms with Crippen molar-refractivity contribution in [2.24, 2.45) is 0 Å². The Balaban J connectivity index is 1.44. The smallest absolute Gasteiger partial charge is 0.219 e. The van der Waals surface area contributed by atoms with E-state index in [0.29, 0.717) is 5.02 Å². The minimum absolute atomic E-state index is 0.0873. The van der Waals surface area contributed by atoms with Crippen molar-refractivity contribution in [2.45, 2.75) is 51.5 Å². The summed E-state index contributed by atoms with van der Waals surface area (Å²) in [5.74, 6) is 0.840. The average molecular weight is 460 g/mol. The molecule has 166 valence electrons. The number of hydrogen-bond donors (Lipinski definition) is 0. The molecule has 1 aromatic heterocycles. The van der Waals surface area contributed by atoms with E-state index in [0.717, 1.165) is 48.4 Å². The number of hydrogen-bond acceptors (Lipinski definition) is 6. The van der Waals surface area contributed by atoms with Gasteiger partial charge in [0.25, 0.3) is 0 Å². The van der Waals surface area contributed by atoms with Gasteiger partial charge in [-0.05, 0) is 58.9 Å². The van der Waals surface area contributed by atoms with E-state index in [1.54, 1.807) is 0 Å². The van der Waals surface area contributed by atoms with Crippen LogP contribution in [0.1, 0.15) is 34.6 Å². The number of carbonyl (C=O) groups excluding carboxylic acids is 1. The second-order valence-electron chi connectivity index (χ2n) is 8.93. The number of rotatable bonds is 5. The van der Waals surface area contributed by atoms with Crippen LogP contribution in [0.15, 0.2) is 41.8 Å². The molecule has 1 aromatic carbocycles. The molecular weight excluding hydrogens is 430 g/mol. The summed E-state index contributed by atoms with van der Waals surface area (Å²) in [5, 5.41) is 2.06. The highest BCUT2D eigenvalue weighted by Crippen LogP contribution is 2.38. The molecule has 2 unspecified atom stereocenters. The normalized spacial score (nSPS) is 21.8. The summed E-state index contributed by atoms with van der Waals surface area (Å²) in [6.45, 7) is 14.2. The van der Waals surface area contributed by atoms with E-state index in [2.05, 4.69) is 47.7 Å². The summed E-state index contributed by atoms with van der Waals surface area (Å²) in [6.07, 6.45) is 1.86. The Bertz CT molecular complexity index is 1030. The molecule has 0 amide bonds. The van der Waals surface area contributed by atoms with Crippen molar-refractivity contribution in [1.29, 1.82) is 0 Å². The lowest BCUT2D eigenvalue weighted by atomic mass is 9.97. The summed E-state index contributed by atoms with van der Waals surface area (Å²) in [6, 6.07) is 8.22. The molecule has 0 bridgehead atoms. The van der Waals surface area contributed by atoms with E-state index in [1.165, 1.54) is 17.4 Å². The molecule has 0 saturated carbocycles. The van der Waals surface area contributed by atoms with Gasteiger partial charge in [-0.3, -0.25) is 14.7 Å². The minimum atomic E-state index is -0.391. The first-order valence-electron chi connectivity index (χ1n) is 10.8. The van der Waals surface area contributed by atoms with Crippen LogP contribution in [0.25, 0.3) is 10.9 Å².